The molecule has 0 spiro atoms. The van der Waals surface area contributed by atoms with E-state index >= 15 is 0 Å². The summed E-state index contributed by atoms with van der Waals surface area (Å²) in [4.78, 5) is 9.35. The molecule has 140 valence electrons. The van der Waals surface area contributed by atoms with E-state index in [1.165, 1.54) is 43.9 Å². The molecule has 1 aromatic heterocycles. The molecule has 0 saturated carbocycles. The third-order valence-electron chi connectivity index (χ3n) is 4.46. The zero-order valence-electron chi connectivity index (χ0n) is 14.4. The van der Waals surface area contributed by atoms with Crippen LogP contribution in [0.25, 0.3) is 0 Å². The van der Waals surface area contributed by atoms with E-state index in [4.69, 9.17) is 0 Å². The molecule has 6 heteroatoms. The molecule has 0 amide bonds. The molecule has 1 fully saturated rings. The van der Waals surface area contributed by atoms with Crippen LogP contribution < -0.4 is 0 Å². The monoisotopic (exact) mass is 535 g/mol. The number of halogens is 3. The summed E-state index contributed by atoms with van der Waals surface area (Å²) in [5.74, 6) is 0. The van der Waals surface area contributed by atoms with Gasteiger partial charge in [0, 0.05) is 51.7 Å². The maximum atomic E-state index is 4.19. The van der Waals surface area contributed by atoms with Gasteiger partial charge in [-0.25, -0.2) is 0 Å². The highest BCUT2D eigenvalue weighted by Crippen LogP contribution is 2.07. The third-order valence-corrected chi connectivity index (χ3v) is 4.46. The van der Waals surface area contributed by atoms with Gasteiger partial charge < -0.3 is 9.80 Å². The fourth-order valence-electron chi connectivity index (χ4n) is 3.00. The Bertz CT molecular complexity index is 495. The molecule has 1 aliphatic heterocycles. The maximum Gasteiger partial charge on any atom is 0.0300 e. The maximum absolute atomic E-state index is 4.19. The summed E-state index contributed by atoms with van der Waals surface area (Å²) in [6, 6.07) is 15.0. The number of pyridine rings is 1. The van der Waals surface area contributed by atoms with Gasteiger partial charge in [-0.2, -0.15) is 0 Å². The zero-order valence-corrected chi connectivity index (χ0v) is 19.6. The summed E-state index contributed by atoms with van der Waals surface area (Å²) >= 11 is 0. The van der Waals surface area contributed by atoms with E-state index < -0.39 is 0 Å². The Morgan fingerprint density at radius 2 is 1.20 bits per heavy atom. The molecular weight excluding hydrogens is 510 g/mol. The molecule has 1 aromatic carbocycles. The summed E-state index contributed by atoms with van der Waals surface area (Å²) in [5.41, 5.74) is 2.79. The lowest BCUT2D eigenvalue weighted by molar-refractivity contribution is 0.134. The van der Waals surface area contributed by atoms with Crippen LogP contribution >= 0.6 is 50.9 Å². The Morgan fingerprint density at radius 3 is 1.72 bits per heavy atom. The summed E-state index contributed by atoms with van der Waals surface area (Å²) in [7, 11) is 0. The molecule has 0 atom stereocenters. The van der Waals surface area contributed by atoms with Crippen LogP contribution in [-0.4, -0.2) is 54.1 Å². The number of piperazine rings is 1. The van der Waals surface area contributed by atoms with Gasteiger partial charge in [-0.1, -0.05) is 36.4 Å². The molecule has 0 aliphatic carbocycles. The zero-order chi connectivity index (χ0) is 15.0. The summed E-state index contributed by atoms with van der Waals surface area (Å²) < 4.78 is 0. The van der Waals surface area contributed by atoms with Gasteiger partial charge in [0.25, 0.3) is 0 Å². The molecule has 0 radical (unpaired) electrons. The average molecular weight is 538 g/mol. The van der Waals surface area contributed by atoms with E-state index in [0.29, 0.717) is 0 Å². The molecule has 2 heterocycles. The lowest BCUT2D eigenvalue weighted by atomic mass is 10.1. The molecule has 1 aliphatic rings. The van der Waals surface area contributed by atoms with Crippen LogP contribution in [0, 0.1) is 0 Å². The van der Waals surface area contributed by atoms with E-state index in [-0.39, 0.29) is 50.9 Å². The highest BCUT2D eigenvalue weighted by atomic mass is 79.9. The van der Waals surface area contributed by atoms with E-state index in [2.05, 4.69) is 51.2 Å². The SMILES string of the molecule is Br.Br.Br.c1ccc(CCN2CCN(CCc3cccnc3)CC2)cc1. The molecule has 0 unspecified atom stereocenters. The summed E-state index contributed by atoms with van der Waals surface area (Å²) in [6.07, 6.45) is 6.10. The summed E-state index contributed by atoms with van der Waals surface area (Å²) in [5, 5.41) is 0. The topological polar surface area (TPSA) is 19.4 Å². The minimum absolute atomic E-state index is 0. The molecule has 0 N–H and O–H groups in total. The predicted octanol–water partition coefficient (Wildman–Crippen LogP) is 4.22. The van der Waals surface area contributed by atoms with E-state index in [0.717, 1.165) is 19.4 Å². The van der Waals surface area contributed by atoms with Crippen molar-refractivity contribution in [2.45, 2.75) is 12.8 Å². The first-order valence-corrected chi connectivity index (χ1v) is 8.28. The normalized spacial score (nSPS) is 14.7. The molecule has 2 aromatic rings. The van der Waals surface area contributed by atoms with Gasteiger partial charge in [0.2, 0.25) is 0 Å². The van der Waals surface area contributed by atoms with Crippen LogP contribution in [0.15, 0.2) is 54.9 Å². The van der Waals surface area contributed by atoms with Gasteiger partial charge in [0.15, 0.2) is 0 Å². The number of nitrogens with zero attached hydrogens (tertiary/aromatic N) is 3. The smallest absolute Gasteiger partial charge is 0.0300 e. The Labute approximate surface area is 183 Å². The molecule has 3 rings (SSSR count). The quantitative estimate of drug-likeness (QED) is 0.550. The number of hydrogen-bond acceptors (Lipinski definition) is 3. The standard InChI is InChI=1S/C19H25N3.3BrH/c1-2-5-18(6-3-1)8-11-21-13-15-22(16-14-21)12-9-19-7-4-10-20-17-19;;;/h1-7,10,17H,8-9,11-16H2;3*1H. The van der Waals surface area contributed by atoms with Crippen LogP contribution in [0.1, 0.15) is 11.1 Å². The van der Waals surface area contributed by atoms with Gasteiger partial charge in [-0.05, 0) is 30.0 Å². The highest BCUT2D eigenvalue weighted by molar-refractivity contribution is 8.93. The van der Waals surface area contributed by atoms with Gasteiger partial charge in [-0.15, -0.1) is 50.9 Å². The van der Waals surface area contributed by atoms with Crippen molar-refractivity contribution in [1.29, 1.82) is 0 Å². The van der Waals surface area contributed by atoms with Crippen LogP contribution in [0.3, 0.4) is 0 Å². The van der Waals surface area contributed by atoms with Crippen molar-refractivity contribution in [1.82, 2.24) is 14.8 Å². The van der Waals surface area contributed by atoms with Gasteiger partial charge in [0.05, 0.1) is 0 Å². The lowest BCUT2D eigenvalue weighted by Crippen LogP contribution is -2.47. The molecule has 0 bridgehead atoms. The van der Waals surface area contributed by atoms with E-state index in [1.54, 1.807) is 0 Å². The molecule has 25 heavy (non-hydrogen) atoms. The first-order chi connectivity index (χ1) is 10.9. The van der Waals surface area contributed by atoms with Crippen LogP contribution in [-0.2, 0) is 12.8 Å². The van der Waals surface area contributed by atoms with E-state index in [9.17, 15) is 0 Å². The first-order valence-electron chi connectivity index (χ1n) is 8.28. The van der Waals surface area contributed by atoms with Crippen molar-refractivity contribution >= 4 is 50.9 Å². The second kappa shape index (κ2) is 13.9. The largest absolute Gasteiger partial charge is 0.300 e. The number of hydrogen-bond donors (Lipinski definition) is 0. The fraction of sp³-hybridized carbons (Fsp3) is 0.421. The molecule has 3 nitrogen and oxygen atoms in total. The van der Waals surface area contributed by atoms with Crippen LogP contribution in [0.5, 0.6) is 0 Å². The number of aromatic nitrogens is 1. The second-order valence-electron chi connectivity index (χ2n) is 6.03. The second-order valence-corrected chi connectivity index (χ2v) is 6.03. The fourth-order valence-corrected chi connectivity index (χ4v) is 3.00. The minimum Gasteiger partial charge on any atom is -0.300 e. The molecule has 1 saturated heterocycles. The van der Waals surface area contributed by atoms with Gasteiger partial charge in [0.1, 0.15) is 0 Å². The van der Waals surface area contributed by atoms with Crippen LogP contribution in [0.4, 0.5) is 0 Å². The van der Waals surface area contributed by atoms with Crippen molar-refractivity contribution in [3.05, 3.63) is 66.0 Å². The predicted molar refractivity (Wildman–Crippen MR) is 122 cm³/mol. The highest BCUT2D eigenvalue weighted by Gasteiger charge is 2.16. The van der Waals surface area contributed by atoms with Crippen molar-refractivity contribution in [2.75, 3.05) is 39.3 Å². The van der Waals surface area contributed by atoms with Gasteiger partial charge >= 0.3 is 0 Å². The third kappa shape index (κ3) is 8.78. The summed E-state index contributed by atoms with van der Waals surface area (Å²) in [6.45, 7) is 7.10. The number of benzene rings is 1. The lowest BCUT2D eigenvalue weighted by Gasteiger charge is -2.34. The van der Waals surface area contributed by atoms with E-state index in [1.807, 2.05) is 18.5 Å². The Kier molecular flexibility index (Phi) is 13.7. The Balaban J connectivity index is 0.00000192. The van der Waals surface area contributed by atoms with Gasteiger partial charge in [-0.3, -0.25) is 4.98 Å². The Hall–Kier alpha value is -0.270. The number of rotatable bonds is 6. The van der Waals surface area contributed by atoms with Crippen molar-refractivity contribution in [3.63, 3.8) is 0 Å². The Morgan fingerprint density at radius 1 is 0.680 bits per heavy atom. The van der Waals surface area contributed by atoms with Crippen molar-refractivity contribution < 1.29 is 0 Å². The molecular formula is C19H28Br3N3. The van der Waals surface area contributed by atoms with Crippen LogP contribution in [0.2, 0.25) is 0 Å². The van der Waals surface area contributed by atoms with Crippen molar-refractivity contribution in [3.8, 4) is 0 Å². The minimum atomic E-state index is 0. The average Bonchev–Trinajstić information content (AvgIpc) is 2.61. The van der Waals surface area contributed by atoms with Crippen molar-refractivity contribution in [2.24, 2.45) is 0 Å². The first kappa shape index (κ1) is 24.7.